The van der Waals surface area contributed by atoms with Gasteiger partial charge in [-0.25, -0.2) is 4.68 Å². The number of rotatable bonds is 5. The summed E-state index contributed by atoms with van der Waals surface area (Å²) in [5.74, 6) is -0.591. The number of hydrogen-bond donors (Lipinski definition) is 0. The number of nitrogens with zero attached hydrogens (tertiary/aromatic N) is 4. The van der Waals surface area contributed by atoms with Gasteiger partial charge >= 0.3 is 5.97 Å². The van der Waals surface area contributed by atoms with Gasteiger partial charge in [0.2, 0.25) is 0 Å². The van der Waals surface area contributed by atoms with Crippen LogP contribution in [0.1, 0.15) is 35.8 Å². The smallest absolute Gasteiger partial charge is 0.309 e. The van der Waals surface area contributed by atoms with E-state index < -0.39 is 0 Å². The first kappa shape index (κ1) is 18.4. The zero-order chi connectivity index (χ0) is 18.5. The van der Waals surface area contributed by atoms with Crippen LogP contribution in [0.5, 0.6) is 0 Å². The van der Waals surface area contributed by atoms with Crippen molar-refractivity contribution in [3.8, 4) is 0 Å². The SMILES string of the molecule is CCOC(=O)C1CCN(C(=O)c2nnn(Cc3ccccc3)c2Cl)CC1. The van der Waals surface area contributed by atoms with Crippen molar-refractivity contribution in [3.63, 3.8) is 0 Å². The van der Waals surface area contributed by atoms with Crippen LogP contribution in [0.2, 0.25) is 5.15 Å². The number of benzene rings is 1. The standard InChI is InChI=1S/C18H21ClN4O3/c1-2-26-18(25)14-8-10-22(11-9-14)17(24)15-16(19)23(21-20-15)12-13-6-4-3-5-7-13/h3-7,14H,2,8-12H2,1H3. The predicted octanol–water partition coefficient (Wildman–Crippen LogP) is 2.40. The first-order valence-electron chi connectivity index (χ1n) is 8.69. The summed E-state index contributed by atoms with van der Waals surface area (Å²) >= 11 is 6.33. The third-order valence-corrected chi connectivity index (χ3v) is 4.83. The van der Waals surface area contributed by atoms with Crippen LogP contribution >= 0.6 is 11.6 Å². The summed E-state index contributed by atoms with van der Waals surface area (Å²) in [6, 6.07) is 9.71. The predicted molar refractivity (Wildman–Crippen MR) is 95.8 cm³/mol. The molecular formula is C18H21ClN4O3. The molecule has 0 saturated carbocycles. The molecule has 3 rings (SSSR count). The molecule has 138 valence electrons. The zero-order valence-corrected chi connectivity index (χ0v) is 15.4. The van der Waals surface area contributed by atoms with Crippen molar-refractivity contribution in [1.29, 1.82) is 0 Å². The molecule has 2 heterocycles. The highest BCUT2D eigenvalue weighted by molar-refractivity contribution is 6.32. The number of carbonyl (C=O) groups is 2. The molecule has 26 heavy (non-hydrogen) atoms. The lowest BCUT2D eigenvalue weighted by molar-refractivity contribution is -0.149. The summed E-state index contributed by atoms with van der Waals surface area (Å²) in [6.07, 6.45) is 1.17. The molecule has 0 atom stereocenters. The summed E-state index contributed by atoms with van der Waals surface area (Å²) in [4.78, 5) is 26.2. The Morgan fingerprint density at radius 3 is 2.58 bits per heavy atom. The third-order valence-electron chi connectivity index (χ3n) is 4.45. The number of ether oxygens (including phenoxy) is 1. The van der Waals surface area contributed by atoms with Crippen LogP contribution in [0.4, 0.5) is 0 Å². The number of amides is 1. The monoisotopic (exact) mass is 376 g/mol. The molecule has 0 unspecified atom stereocenters. The van der Waals surface area contributed by atoms with Gasteiger partial charge in [-0.3, -0.25) is 9.59 Å². The summed E-state index contributed by atoms with van der Waals surface area (Å²) in [6.45, 7) is 3.56. The minimum absolute atomic E-state index is 0.150. The maximum Gasteiger partial charge on any atom is 0.309 e. The van der Waals surface area contributed by atoms with E-state index in [-0.39, 0.29) is 28.6 Å². The van der Waals surface area contributed by atoms with E-state index in [2.05, 4.69) is 10.3 Å². The van der Waals surface area contributed by atoms with Crippen molar-refractivity contribution in [3.05, 3.63) is 46.7 Å². The van der Waals surface area contributed by atoms with Crippen molar-refractivity contribution in [2.24, 2.45) is 5.92 Å². The number of aromatic nitrogens is 3. The van der Waals surface area contributed by atoms with Gasteiger partial charge in [-0.05, 0) is 25.3 Å². The minimum Gasteiger partial charge on any atom is -0.466 e. The van der Waals surface area contributed by atoms with Crippen molar-refractivity contribution >= 4 is 23.5 Å². The number of esters is 1. The minimum atomic E-state index is -0.253. The lowest BCUT2D eigenvalue weighted by Gasteiger charge is -2.30. The highest BCUT2D eigenvalue weighted by Crippen LogP contribution is 2.22. The lowest BCUT2D eigenvalue weighted by Crippen LogP contribution is -2.41. The molecule has 1 aromatic carbocycles. The van der Waals surface area contributed by atoms with E-state index in [1.54, 1.807) is 11.8 Å². The van der Waals surface area contributed by atoms with Gasteiger partial charge in [0, 0.05) is 13.1 Å². The fraction of sp³-hybridized carbons (Fsp3) is 0.444. The average Bonchev–Trinajstić information content (AvgIpc) is 3.03. The third kappa shape index (κ3) is 4.04. The quantitative estimate of drug-likeness (QED) is 0.749. The second-order valence-electron chi connectivity index (χ2n) is 6.19. The molecular weight excluding hydrogens is 356 g/mol. The Morgan fingerprint density at radius 2 is 1.92 bits per heavy atom. The molecule has 0 spiro atoms. The van der Waals surface area contributed by atoms with Gasteiger partial charge in [0.15, 0.2) is 10.8 Å². The van der Waals surface area contributed by atoms with Crippen molar-refractivity contribution in [1.82, 2.24) is 19.9 Å². The van der Waals surface area contributed by atoms with Crippen LogP contribution in [0.25, 0.3) is 0 Å². The van der Waals surface area contributed by atoms with Crippen molar-refractivity contribution in [2.75, 3.05) is 19.7 Å². The van der Waals surface area contributed by atoms with Gasteiger partial charge in [0.25, 0.3) is 5.91 Å². The van der Waals surface area contributed by atoms with Crippen LogP contribution in [-0.2, 0) is 16.1 Å². The second kappa shape index (κ2) is 8.31. The molecule has 1 aliphatic rings. The van der Waals surface area contributed by atoms with Gasteiger partial charge in [-0.1, -0.05) is 47.1 Å². The summed E-state index contributed by atoms with van der Waals surface area (Å²) in [5, 5.41) is 8.20. The van der Waals surface area contributed by atoms with E-state index in [1.165, 1.54) is 4.68 Å². The molecule has 0 radical (unpaired) electrons. The first-order valence-corrected chi connectivity index (χ1v) is 9.06. The summed E-state index contributed by atoms with van der Waals surface area (Å²) in [5.41, 5.74) is 1.17. The molecule has 0 bridgehead atoms. The molecule has 1 saturated heterocycles. The van der Waals surface area contributed by atoms with E-state index in [9.17, 15) is 9.59 Å². The Balaban J connectivity index is 1.63. The number of halogens is 1. The topological polar surface area (TPSA) is 77.3 Å². The van der Waals surface area contributed by atoms with Gasteiger partial charge in [0.1, 0.15) is 0 Å². The fourth-order valence-electron chi connectivity index (χ4n) is 3.02. The maximum atomic E-state index is 12.7. The van der Waals surface area contributed by atoms with Gasteiger partial charge < -0.3 is 9.64 Å². The second-order valence-corrected chi connectivity index (χ2v) is 6.55. The Kier molecular flexibility index (Phi) is 5.88. The van der Waals surface area contributed by atoms with Crippen molar-refractivity contribution < 1.29 is 14.3 Å². The number of piperidine rings is 1. The molecule has 7 nitrogen and oxygen atoms in total. The number of carbonyl (C=O) groups excluding carboxylic acids is 2. The normalized spacial score (nSPS) is 15.1. The fourth-order valence-corrected chi connectivity index (χ4v) is 3.23. The van der Waals surface area contributed by atoms with Gasteiger partial charge in [-0.2, -0.15) is 0 Å². The molecule has 0 aliphatic carbocycles. The van der Waals surface area contributed by atoms with E-state index in [0.717, 1.165) is 5.56 Å². The molecule has 1 aromatic heterocycles. The van der Waals surface area contributed by atoms with E-state index >= 15 is 0 Å². The molecule has 1 fully saturated rings. The van der Waals surface area contributed by atoms with E-state index in [0.29, 0.717) is 39.1 Å². The van der Waals surface area contributed by atoms with E-state index in [1.807, 2.05) is 30.3 Å². The highest BCUT2D eigenvalue weighted by atomic mass is 35.5. The largest absolute Gasteiger partial charge is 0.466 e. The molecule has 0 N–H and O–H groups in total. The highest BCUT2D eigenvalue weighted by Gasteiger charge is 2.31. The lowest BCUT2D eigenvalue weighted by atomic mass is 9.97. The zero-order valence-electron chi connectivity index (χ0n) is 14.6. The first-order chi connectivity index (χ1) is 12.6. The Morgan fingerprint density at radius 1 is 1.23 bits per heavy atom. The van der Waals surface area contributed by atoms with Crippen LogP contribution in [0.3, 0.4) is 0 Å². The molecule has 1 amide bonds. The average molecular weight is 377 g/mol. The number of likely N-dealkylation sites (tertiary alicyclic amines) is 1. The van der Waals surface area contributed by atoms with Crippen LogP contribution < -0.4 is 0 Å². The maximum absolute atomic E-state index is 12.7. The summed E-state index contributed by atoms with van der Waals surface area (Å²) < 4.78 is 6.56. The Hall–Kier alpha value is -2.41. The number of hydrogen-bond acceptors (Lipinski definition) is 5. The van der Waals surface area contributed by atoms with Crippen molar-refractivity contribution in [2.45, 2.75) is 26.3 Å². The van der Waals surface area contributed by atoms with Gasteiger partial charge in [-0.15, -0.1) is 5.10 Å². The van der Waals surface area contributed by atoms with Gasteiger partial charge in [0.05, 0.1) is 19.1 Å². The molecule has 8 heteroatoms. The van der Waals surface area contributed by atoms with Crippen LogP contribution in [-0.4, -0.2) is 51.5 Å². The Labute approximate surface area is 156 Å². The Bertz CT molecular complexity index is 770. The van der Waals surface area contributed by atoms with Crippen LogP contribution in [0.15, 0.2) is 30.3 Å². The summed E-state index contributed by atoms with van der Waals surface area (Å²) in [7, 11) is 0. The molecule has 1 aliphatic heterocycles. The van der Waals surface area contributed by atoms with E-state index in [4.69, 9.17) is 16.3 Å². The van der Waals surface area contributed by atoms with Crippen LogP contribution in [0, 0.1) is 5.92 Å². The molecule has 2 aromatic rings.